The van der Waals surface area contributed by atoms with Gasteiger partial charge in [0.15, 0.2) is 8.32 Å². The molecule has 0 saturated heterocycles. The van der Waals surface area contributed by atoms with E-state index in [0.29, 0.717) is 10.5 Å². The molecule has 0 heterocycles. The van der Waals surface area contributed by atoms with Crippen LogP contribution in [0.15, 0.2) is 0 Å². The van der Waals surface area contributed by atoms with Crippen molar-refractivity contribution >= 4 is 8.32 Å². The first-order valence-corrected chi connectivity index (χ1v) is 7.23. The topological polar surface area (TPSA) is 9.23 Å². The van der Waals surface area contributed by atoms with E-state index in [9.17, 15) is 0 Å². The van der Waals surface area contributed by atoms with E-state index >= 15 is 0 Å². The Bertz CT molecular complexity index is 174. The molecule has 0 aliphatic heterocycles. The summed E-state index contributed by atoms with van der Waals surface area (Å²) in [5.41, 5.74) is 0.527. The summed E-state index contributed by atoms with van der Waals surface area (Å²) < 4.78 is 5.64. The first-order chi connectivity index (χ1) is 4.77. The van der Waals surface area contributed by atoms with Crippen molar-refractivity contribution in [3.05, 3.63) is 0 Å². The van der Waals surface area contributed by atoms with Gasteiger partial charge >= 0.3 is 0 Å². The van der Waals surface area contributed by atoms with Gasteiger partial charge in [0.05, 0.1) is 0 Å². The molecule has 0 spiro atoms. The third-order valence-electron chi connectivity index (χ3n) is 4.00. The van der Waals surface area contributed by atoms with Crippen LogP contribution in [0, 0.1) is 5.41 Å². The van der Waals surface area contributed by atoms with Gasteiger partial charge in [-0.2, -0.15) is 0 Å². The molecule has 1 fully saturated rings. The van der Waals surface area contributed by atoms with Gasteiger partial charge in [-0.1, -0.05) is 20.8 Å². The lowest BCUT2D eigenvalue weighted by Gasteiger charge is -2.30. The summed E-state index contributed by atoms with van der Waals surface area (Å²) in [6.45, 7) is 11.7. The van der Waals surface area contributed by atoms with Crippen LogP contribution >= 0.6 is 0 Å². The highest BCUT2D eigenvalue weighted by Gasteiger charge is 2.66. The lowest BCUT2D eigenvalue weighted by Crippen LogP contribution is -2.37. The van der Waals surface area contributed by atoms with Gasteiger partial charge in [-0.3, -0.25) is 0 Å². The maximum Gasteiger partial charge on any atom is 0.192 e. The highest BCUT2D eigenvalue weighted by molar-refractivity contribution is 6.75. The molecule has 11 heavy (non-hydrogen) atoms. The maximum absolute atomic E-state index is 5.64. The van der Waals surface area contributed by atoms with Crippen molar-refractivity contribution in [2.75, 3.05) is 7.11 Å². The summed E-state index contributed by atoms with van der Waals surface area (Å²) in [6, 6.07) is 0. The first-order valence-electron chi connectivity index (χ1n) is 4.32. The molecule has 2 heteroatoms. The largest absolute Gasteiger partial charge is 0.420 e. The van der Waals surface area contributed by atoms with Gasteiger partial charge in [0.25, 0.3) is 0 Å². The number of hydrogen-bond donors (Lipinski definition) is 0. The zero-order valence-corrected chi connectivity index (χ0v) is 9.62. The van der Waals surface area contributed by atoms with Crippen LogP contribution < -0.4 is 0 Å². The van der Waals surface area contributed by atoms with E-state index < -0.39 is 8.32 Å². The summed E-state index contributed by atoms with van der Waals surface area (Å²) in [7, 11) is 0.464. The molecule has 1 unspecified atom stereocenters. The molecular formula is C9H20OSi. The zero-order valence-electron chi connectivity index (χ0n) is 8.62. The molecule has 0 N–H and O–H groups in total. The Morgan fingerprint density at radius 2 is 1.55 bits per heavy atom. The van der Waals surface area contributed by atoms with Crippen molar-refractivity contribution in [1.29, 1.82) is 0 Å². The molecule has 0 bridgehead atoms. The third-order valence-corrected chi connectivity index (χ3v) is 8.54. The van der Waals surface area contributed by atoms with Gasteiger partial charge < -0.3 is 4.43 Å². The van der Waals surface area contributed by atoms with E-state index in [1.807, 2.05) is 7.11 Å². The highest BCUT2D eigenvalue weighted by atomic mass is 28.4. The molecule has 1 nitrogen and oxygen atoms in total. The smallest absolute Gasteiger partial charge is 0.192 e. The van der Waals surface area contributed by atoms with Crippen molar-refractivity contribution in [2.45, 2.75) is 45.3 Å². The highest BCUT2D eigenvalue weighted by Crippen LogP contribution is 2.74. The van der Waals surface area contributed by atoms with Gasteiger partial charge in [-0.15, -0.1) is 0 Å². The van der Waals surface area contributed by atoms with E-state index in [1.165, 1.54) is 6.42 Å². The minimum atomic E-state index is -1.40. The predicted molar refractivity (Wildman–Crippen MR) is 51.3 cm³/mol. The minimum absolute atomic E-state index is 0.509. The summed E-state index contributed by atoms with van der Waals surface area (Å²) in [5, 5.41) is 0.509. The molecule has 0 radical (unpaired) electrons. The molecule has 0 aromatic heterocycles. The fourth-order valence-corrected chi connectivity index (χ4v) is 5.04. The van der Waals surface area contributed by atoms with Gasteiger partial charge in [0.1, 0.15) is 0 Å². The van der Waals surface area contributed by atoms with E-state index in [1.54, 1.807) is 0 Å². The Hall–Kier alpha value is 0.177. The van der Waals surface area contributed by atoms with Crippen LogP contribution in [0.5, 0.6) is 0 Å². The monoisotopic (exact) mass is 172 g/mol. The van der Waals surface area contributed by atoms with Crippen LogP contribution in [0.3, 0.4) is 0 Å². The second kappa shape index (κ2) is 2.11. The van der Waals surface area contributed by atoms with Gasteiger partial charge in [-0.25, -0.2) is 0 Å². The van der Waals surface area contributed by atoms with Crippen molar-refractivity contribution < 1.29 is 4.43 Å². The van der Waals surface area contributed by atoms with Crippen LogP contribution in [0.4, 0.5) is 0 Å². The van der Waals surface area contributed by atoms with E-state index in [2.05, 4.69) is 33.9 Å². The van der Waals surface area contributed by atoms with Crippen molar-refractivity contribution in [1.82, 2.24) is 0 Å². The maximum atomic E-state index is 5.64. The van der Waals surface area contributed by atoms with Crippen molar-refractivity contribution in [3.63, 3.8) is 0 Å². The average Bonchev–Trinajstić information content (AvgIpc) is 2.35. The van der Waals surface area contributed by atoms with Gasteiger partial charge in [0, 0.05) is 7.11 Å². The lowest BCUT2D eigenvalue weighted by molar-refractivity contribution is 0.376. The van der Waals surface area contributed by atoms with Crippen LogP contribution in [0.2, 0.25) is 18.1 Å². The normalized spacial score (nSPS) is 35.5. The molecule has 1 aliphatic rings. The number of hydrogen-bond acceptors (Lipinski definition) is 1. The Balaban J connectivity index is 2.78. The molecule has 0 aromatic carbocycles. The first kappa shape index (κ1) is 9.27. The van der Waals surface area contributed by atoms with Crippen molar-refractivity contribution in [3.8, 4) is 0 Å². The molecule has 1 aliphatic carbocycles. The van der Waals surface area contributed by atoms with E-state index in [-0.39, 0.29) is 0 Å². The standard InChI is InChI=1S/C9H20OSi/c1-8(2)7-9(8,3)11(5,6)10-4/h7H2,1-6H3. The third kappa shape index (κ3) is 1.07. The second-order valence-corrected chi connectivity index (χ2v) is 9.64. The van der Waals surface area contributed by atoms with Crippen LogP contribution in [-0.2, 0) is 4.43 Å². The van der Waals surface area contributed by atoms with Gasteiger partial charge in [-0.05, 0) is 30.0 Å². The Morgan fingerprint density at radius 1 is 1.18 bits per heavy atom. The Morgan fingerprint density at radius 3 is 1.64 bits per heavy atom. The summed E-state index contributed by atoms with van der Waals surface area (Å²) in [5.74, 6) is 0. The molecular weight excluding hydrogens is 152 g/mol. The van der Waals surface area contributed by atoms with E-state index in [0.717, 1.165) is 0 Å². The number of rotatable bonds is 2. The molecule has 0 amide bonds. The Labute approximate surface area is 71.3 Å². The molecule has 66 valence electrons. The van der Waals surface area contributed by atoms with E-state index in [4.69, 9.17) is 4.43 Å². The van der Waals surface area contributed by atoms with Gasteiger partial charge in [0.2, 0.25) is 0 Å². The van der Waals surface area contributed by atoms with Crippen LogP contribution in [0.1, 0.15) is 27.2 Å². The quantitative estimate of drug-likeness (QED) is 0.582. The summed E-state index contributed by atoms with van der Waals surface area (Å²) >= 11 is 0. The second-order valence-electron chi connectivity index (χ2n) is 5.11. The molecule has 1 rings (SSSR count). The molecule has 1 saturated carbocycles. The molecule has 0 aromatic rings. The SMILES string of the molecule is CO[Si](C)(C)C1(C)CC1(C)C. The Kier molecular flexibility index (Phi) is 1.77. The lowest BCUT2D eigenvalue weighted by atomic mass is 10.1. The van der Waals surface area contributed by atoms with Crippen LogP contribution in [0.25, 0.3) is 0 Å². The predicted octanol–water partition coefficient (Wildman–Crippen LogP) is 3.03. The summed E-state index contributed by atoms with van der Waals surface area (Å²) in [4.78, 5) is 0. The zero-order chi connectivity index (χ0) is 8.91. The minimum Gasteiger partial charge on any atom is -0.420 e. The average molecular weight is 172 g/mol. The fraction of sp³-hybridized carbons (Fsp3) is 1.00. The molecule has 1 atom stereocenters. The summed E-state index contributed by atoms with van der Waals surface area (Å²) in [6.07, 6.45) is 1.34. The fourth-order valence-electron chi connectivity index (χ4n) is 2.09. The van der Waals surface area contributed by atoms with Crippen LogP contribution in [-0.4, -0.2) is 15.4 Å². The van der Waals surface area contributed by atoms with Crippen molar-refractivity contribution in [2.24, 2.45) is 5.41 Å².